The smallest absolute Gasteiger partial charge is 0.284 e. The first kappa shape index (κ1) is 12.1. The molecule has 4 nitrogen and oxygen atoms in total. The molecule has 1 heterocycles. The van der Waals surface area contributed by atoms with Crippen LogP contribution in [-0.2, 0) is 0 Å². The van der Waals surface area contributed by atoms with E-state index in [1.54, 1.807) is 12.1 Å². The predicted octanol–water partition coefficient (Wildman–Crippen LogP) is 2.23. The molecule has 18 heavy (non-hydrogen) atoms. The minimum atomic E-state index is -0.734. The number of fused-ring (bicyclic) bond motifs is 1. The second kappa shape index (κ2) is 4.49. The molecule has 0 saturated heterocycles. The molecule has 0 aliphatic rings. The SMILES string of the molecule is C/C=C\c1cccc2c(=O)c(C)c(C(N)=O)oc12. The van der Waals surface area contributed by atoms with Gasteiger partial charge in [-0.2, -0.15) is 0 Å². The van der Waals surface area contributed by atoms with E-state index < -0.39 is 5.91 Å². The van der Waals surface area contributed by atoms with Gasteiger partial charge in [0.25, 0.3) is 5.91 Å². The number of carbonyl (C=O) groups is 1. The molecule has 2 rings (SSSR count). The van der Waals surface area contributed by atoms with Crippen molar-refractivity contribution in [1.29, 1.82) is 0 Å². The molecule has 2 aromatic rings. The lowest BCUT2D eigenvalue weighted by Crippen LogP contribution is -2.18. The van der Waals surface area contributed by atoms with Crippen molar-refractivity contribution in [3.63, 3.8) is 0 Å². The number of primary amides is 1. The van der Waals surface area contributed by atoms with Crippen LogP contribution >= 0.6 is 0 Å². The van der Waals surface area contributed by atoms with Gasteiger partial charge in [-0.25, -0.2) is 0 Å². The van der Waals surface area contributed by atoms with Gasteiger partial charge in [-0.15, -0.1) is 0 Å². The van der Waals surface area contributed by atoms with E-state index in [1.807, 2.05) is 25.1 Å². The average Bonchev–Trinajstić information content (AvgIpc) is 2.34. The van der Waals surface area contributed by atoms with Crippen molar-refractivity contribution < 1.29 is 9.21 Å². The van der Waals surface area contributed by atoms with Gasteiger partial charge in [0.05, 0.1) is 5.39 Å². The fourth-order valence-corrected chi connectivity index (χ4v) is 1.88. The van der Waals surface area contributed by atoms with Crippen LogP contribution in [0.5, 0.6) is 0 Å². The molecule has 0 aliphatic heterocycles. The lowest BCUT2D eigenvalue weighted by Gasteiger charge is -2.05. The lowest BCUT2D eigenvalue weighted by atomic mass is 10.1. The number of benzene rings is 1. The molecule has 4 heteroatoms. The summed E-state index contributed by atoms with van der Waals surface area (Å²) in [6.45, 7) is 3.40. The number of allylic oxidation sites excluding steroid dienone is 1. The molecule has 0 bridgehead atoms. The van der Waals surface area contributed by atoms with Crippen molar-refractivity contribution >= 4 is 23.0 Å². The van der Waals surface area contributed by atoms with Gasteiger partial charge < -0.3 is 10.2 Å². The van der Waals surface area contributed by atoms with Crippen molar-refractivity contribution in [2.75, 3.05) is 0 Å². The first-order valence-corrected chi connectivity index (χ1v) is 5.55. The molecule has 0 unspecified atom stereocenters. The predicted molar refractivity (Wildman–Crippen MR) is 70.4 cm³/mol. The quantitative estimate of drug-likeness (QED) is 0.878. The highest BCUT2D eigenvalue weighted by atomic mass is 16.3. The van der Waals surface area contributed by atoms with Gasteiger partial charge in [-0.1, -0.05) is 24.3 Å². The van der Waals surface area contributed by atoms with E-state index in [1.165, 1.54) is 6.92 Å². The number of nitrogens with two attached hydrogens (primary N) is 1. The second-order valence-corrected chi connectivity index (χ2v) is 3.97. The minimum Gasteiger partial charge on any atom is -0.450 e. The van der Waals surface area contributed by atoms with E-state index in [2.05, 4.69) is 0 Å². The first-order chi connectivity index (χ1) is 8.56. The fraction of sp³-hybridized carbons (Fsp3) is 0.143. The third-order valence-corrected chi connectivity index (χ3v) is 2.75. The summed E-state index contributed by atoms with van der Waals surface area (Å²) in [6.07, 6.45) is 3.64. The Hall–Kier alpha value is -2.36. The van der Waals surface area contributed by atoms with Crippen LogP contribution < -0.4 is 11.2 Å². The largest absolute Gasteiger partial charge is 0.450 e. The average molecular weight is 243 g/mol. The molecule has 0 saturated carbocycles. The van der Waals surface area contributed by atoms with Crippen molar-refractivity contribution in [3.05, 3.63) is 51.4 Å². The number of hydrogen-bond donors (Lipinski definition) is 1. The van der Waals surface area contributed by atoms with Crippen molar-refractivity contribution in [3.8, 4) is 0 Å². The zero-order chi connectivity index (χ0) is 13.3. The Morgan fingerprint density at radius 1 is 1.39 bits per heavy atom. The van der Waals surface area contributed by atoms with Gasteiger partial charge in [-0.3, -0.25) is 9.59 Å². The molecule has 0 atom stereocenters. The molecule has 0 spiro atoms. The molecule has 1 amide bonds. The Morgan fingerprint density at radius 2 is 2.11 bits per heavy atom. The molecule has 0 fully saturated rings. The van der Waals surface area contributed by atoms with Crippen LogP contribution in [0, 0.1) is 6.92 Å². The molecule has 2 N–H and O–H groups in total. The lowest BCUT2D eigenvalue weighted by molar-refractivity contribution is 0.0973. The molecule has 92 valence electrons. The van der Waals surface area contributed by atoms with Crippen LogP contribution in [0.1, 0.15) is 28.6 Å². The van der Waals surface area contributed by atoms with Gasteiger partial charge in [0, 0.05) is 11.1 Å². The van der Waals surface area contributed by atoms with E-state index >= 15 is 0 Å². The maximum Gasteiger partial charge on any atom is 0.284 e. The molecule has 1 aromatic heterocycles. The van der Waals surface area contributed by atoms with Crippen LogP contribution in [0.2, 0.25) is 0 Å². The number of rotatable bonds is 2. The van der Waals surface area contributed by atoms with Crippen LogP contribution in [-0.4, -0.2) is 5.91 Å². The molecular formula is C14H13NO3. The maximum absolute atomic E-state index is 12.1. The molecular weight excluding hydrogens is 230 g/mol. The summed E-state index contributed by atoms with van der Waals surface area (Å²) < 4.78 is 5.49. The maximum atomic E-state index is 12.1. The number of para-hydroxylation sites is 1. The molecule has 0 aliphatic carbocycles. The molecule has 0 radical (unpaired) electrons. The van der Waals surface area contributed by atoms with Crippen LogP contribution in [0.4, 0.5) is 0 Å². The fourth-order valence-electron chi connectivity index (χ4n) is 1.88. The highest BCUT2D eigenvalue weighted by molar-refractivity contribution is 5.94. The van der Waals surface area contributed by atoms with Gasteiger partial charge in [-0.05, 0) is 19.9 Å². The van der Waals surface area contributed by atoms with Gasteiger partial charge in [0.15, 0.2) is 11.2 Å². The Bertz CT molecular complexity index is 711. The standard InChI is InChI=1S/C14H13NO3/c1-3-5-9-6-4-7-10-11(16)8(2)12(14(15)17)18-13(9)10/h3-7H,1-2H3,(H2,15,17)/b5-3-. The summed E-state index contributed by atoms with van der Waals surface area (Å²) in [7, 11) is 0. The van der Waals surface area contributed by atoms with E-state index in [-0.39, 0.29) is 16.8 Å². The topological polar surface area (TPSA) is 73.3 Å². The Labute approximate surface area is 104 Å². The third-order valence-electron chi connectivity index (χ3n) is 2.75. The van der Waals surface area contributed by atoms with Gasteiger partial charge >= 0.3 is 0 Å². The van der Waals surface area contributed by atoms with E-state index in [4.69, 9.17) is 10.2 Å². The van der Waals surface area contributed by atoms with E-state index in [9.17, 15) is 9.59 Å². The summed E-state index contributed by atoms with van der Waals surface area (Å²) in [4.78, 5) is 23.4. The van der Waals surface area contributed by atoms with E-state index in [0.717, 1.165) is 5.56 Å². The summed E-state index contributed by atoms with van der Waals surface area (Å²) >= 11 is 0. The van der Waals surface area contributed by atoms with E-state index in [0.29, 0.717) is 11.0 Å². The summed E-state index contributed by atoms with van der Waals surface area (Å²) in [5.74, 6) is -0.814. The highest BCUT2D eigenvalue weighted by Crippen LogP contribution is 2.20. The Kier molecular flexibility index (Phi) is 3.02. The second-order valence-electron chi connectivity index (χ2n) is 3.97. The normalized spacial score (nSPS) is 11.2. The van der Waals surface area contributed by atoms with Crippen molar-refractivity contribution in [2.24, 2.45) is 5.73 Å². The minimum absolute atomic E-state index is 0.0792. The van der Waals surface area contributed by atoms with Crippen LogP contribution in [0.25, 0.3) is 17.0 Å². The Morgan fingerprint density at radius 3 is 2.72 bits per heavy atom. The number of carbonyl (C=O) groups excluding carboxylic acids is 1. The van der Waals surface area contributed by atoms with Crippen molar-refractivity contribution in [2.45, 2.75) is 13.8 Å². The van der Waals surface area contributed by atoms with Crippen molar-refractivity contribution in [1.82, 2.24) is 0 Å². The van der Waals surface area contributed by atoms with Gasteiger partial charge in [0.1, 0.15) is 5.58 Å². The third kappa shape index (κ3) is 1.82. The van der Waals surface area contributed by atoms with Gasteiger partial charge in [0.2, 0.25) is 0 Å². The summed E-state index contributed by atoms with van der Waals surface area (Å²) in [6, 6.07) is 5.26. The Balaban J connectivity index is 2.96. The summed E-state index contributed by atoms with van der Waals surface area (Å²) in [5, 5.41) is 0.452. The van der Waals surface area contributed by atoms with Crippen LogP contribution in [0.15, 0.2) is 33.5 Å². The zero-order valence-corrected chi connectivity index (χ0v) is 10.2. The highest BCUT2D eigenvalue weighted by Gasteiger charge is 2.15. The monoisotopic (exact) mass is 243 g/mol. The zero-order valence-electron chi connectivity index (χ0n) is 10.2. The first-order valence-electron chi connectivity index (χ1n) is 5.55. The van der Waals surface area contributed by atoms with Crippen LogP contribution in [0.3, 0.4) is 0 Å². The summed E-state index contributed by atoms with van der Waals surface area (Å²) in [5.41, 5.74) is 6.36. The molecule has 1 aromatic carbocycles. The number of hydrogen-bond acceptors (Lipinski definition) is 3. The number of amides is 1.